The summed E-state index contributed by atoms with van der Waals surface area (Å²) in [5, 5.41) is 0. The molecule has 0 spiro atoms. The van der Waals surface area contributed by atoms with Crippen LogP contribution in [-0.2, 0) is 14.2 Å². The molecule has 0 aromatic carbocycles. The fourth-order valence-corrected chi connectivity index (χ4v) is 2.81. The number of ether oxygens (including phenoxy) is 3. The van der Waals surface area contributed by atoms with E-state index in [-0.39, 0.29) is 0 Å². The van der Waals surface area contributed by atoms with Crippen LogP contribution >= 0.6 is 0 Å². The average molecular weight is 256 g/mol. The lowest BCUT2D eigenvalue weighted by Gasteiger charge is -2.18. The van der Waals surface area contributed by atoms with Crippen molar-refractivity contribution in [2.75, 3.05) is 26.4 Å². The highest BCUT2D eigenvalue weighted by Crippen LogP contribution is 2.40. The molecule has 3 heteroatoms. The number of fused-ring (bicyclic) bond motifs is 1. The first-order valence-electron chi connectivity index (χ1n) is 7.72. The Morgan fingerprint density at radius 1 is 1.00 bits per heavy atom. The van der Waals surface area contributed by atoms with Crippen LogP contribution in [0.5, 0.6) is 0 Å². The van der Waals surface area contributed by atoms with Gasteiger partial charge in [-0.25, -0.2) is 0 Å². The summed E-state index contributed by atoms with van der Waals surface area (Å²) in [6, 6.07) is 0. The molecule has 1 heterocycles. The number of epoxide rings is 1. The zero-order valence-electron chi connectivity index (χ0n) is 11.7. The number of unbranched alkanes of at least 4 members (excludes halogenated alkanes) is 3. The summed E-state index contributed by atoms with van der Waals surface area (Å²) in [5.41, 5.74) is 0. The highest BCUT2D eigenvalue weighted by molar-refractivity contribution is 4.94. The summed E-state index contributed by atoms with van der Waals surface area (Å²) in [6.45, 7) is 5.46. The summed E-state index contributed by atoms with van der Waals surface area (Å²) in [7, 11) is 0. The van der Waals surface area contributed by atoms with Crippen LogP contribution in [0.15, 0.2) is 0 Å². The molecule has 106 valence electrons. The molecule has 0 aromatic heterocycles. The van der Waals surface area contributed by atoms with Gasteiger partial charge in [0, 0.05) is 12.5 Å². The van der Waals surface area contributed by atoms with Crippen molar-refractivity contribution in [2.24, 2.45) is 5.92 Å². The maximum atomic E-state index is 5.69. The zero-order chi connectivity index (χ0) is 12.6. The average Bonchev–Trinajstić information content (AvgIpc) is 3.17. The van der Waals surface area contributed by atoms with Gasteiger partial charge in [-0.2, -0.15) is 0 Å². The first-order valence-corrected chi connectivity index (χ1v) is 7.72. The first kappa shape index (κ1) is 14.3. The molecule has 1 saturated heterocycles. The zero-order valence-corrected chi connectivity index (χ0v) is 11.7. The molecule has 3 unspecified atom stereocenters. The molecule has 18 heavy (non-hydrogen) atoms. The van der Waals surface area contributed by atoms with E-state index in [0.717, 1.165) is 26.4 Å². The molecule has 1 aliphatic heterocycles. The van der Waals surface area contributed by atoms with Crippen LogP contribution in [0.1, 0.15) is 51.9 Å². The van der Waals surface area contributed by atoms with Gasteiger partial charge in [-0.1, -0.05) is 32.6 Å². The van der Waals surface area contributed by atoms with Crippen LogP contribution in [-0.4, -0.2) is 38.6 Å². The Labute approximate surface area is 111 Å². The van der Waals surface area contributed by atoms with Crippen molar-refractivity contribution >= 4 is 0 Å². The molecule has 0 bridgehead atoms. The van der Waals surface area contributed by atoms with E-state index >= 15 is 0 Å². The van der Waals surface area contributed by atoms with Gasteiger partial charge in [-0.05, 0) is 19.3 Å². The summed E-state index contributed by atoms with van der Waals surface area (Å²) >= 11 is 0. The van der Waals surface area contributed by atoms with Crippen molar-refractivity contribution in [1.82, 2.24) is 0 Å². The quantitative estimate of drug-likeness (QED) is 0.444. The van der Waals surface area contributed by atoms with Crippen LogP contribution < -0.4 is 0 Å². The maximum Gasteiger partial charge on any atom is 0.0891 e. The third kappa shape index (κ3) is 4.87. The molecule has 0 amide bonds. The molecule has 0 radical (unpaired) electrons. The van der Waals surface area contributed by atoms with Crippen molar-refractivity contribution in [2.45, 2.75) is 64.1 Å². The van der Waals surface area contributed by atoms with Crippen molar-refractivity contribution in [1.29, 1.82) is 0 Å². The molecule has 1 aliphatic carbocycles. The van der Waals surface area contributed by atoms with Crippen LogP contribution in [0, 0.1) is 5.92 Å². The van der Waals surface area contributed by atoms with E-state index in [9.17, 15) is 0 Å². The van der Waals surface area contributed by atoms with Gasteiger partial charge in [0.2, 0.25) is 0 Å². The second kappa shape index (κ2) is 8.13. The van der Waals surface area contributed by atoms with E-state index < -0.39 is 0 Å². The van der Waals surface area contributed by atoms with E-state index in [0.29, 0.717) is 18.1 Å². The molecule has 1 saturated carbocycles. The monoisotopic (exact) mass is 256 g/mol. The molecule has 0 aromatic rings. The van der Waals surface area contributed by atoms with Gasteiger partial charge in [0.25, 0.3) is 0 Å². The van der Waals surface area contributed by atoms with Gasteiger partial charge >= 0.3 is 0 Å². The SMILES string of the molecule is CCCCCCOCCOCC1CCCC2OC12. The molecular weight excluding hydrogens is 228 g/mol. The Hall–Kier alpha value is -0.120. The largest absolute Gasteiger partial charge is 0.379 e. The number of hydrogen-bond donors (Lipinski definition) is 0. The van der Waals surface area contributed by atoms with Crippen LogP contribution in [0.25, 0.3) is 0 Å². The Morgan fingerprint density at radius 2 is 1.89 bits per heavy atom. The molecule has 2 aliphatic rings. The lowest BCUT2D eigenvalue weighted by Crippen LogP contribution is -2.22. The molecule has 2 rings (SSSR count). The lowest BCUT2D eigenvalue weighted by atomic mass is 9.90. The Bertz CT molecular complexity index is 220. The fourth-order valence-electron chi connectivity index (χ4n) is 2.81. The summed E-state index contributed by atoms with van der Waals surface area (Å²) < 4.78 is 16.9. The van der Waals surface area contributed by atoms with Gasteiger partial charge in [0.1, 0.15) is 0 Å². The lowest BCUT2D eigenvalue weighted by molar-refractivity contribution is 0.0259. The standard InChI is InChI=1S/C15H28O3/c1-2-3-4-5-9-16-10-11-17-12-13-7-6-8-14-15(13)18-14/h13-15H,2-12H2,1H3. The topological polar surface area (TPSA) is 31.0 Å². The van der Waals surface area contributed by atoms with E-state index in [1.54, 1.807) is 0 Å². The van der Waals surface area contributed by atoms with Crippen molar-refractivity contribution < 1.29 is 14.2 Å². The van der Waals surface area contributed by atoms with Gasteiger partial charge < -0.3 is 14.2 Å². The maximum absolute atomic E-state index is 5.69. The second-order valence-corrected chi connectivity index (χ2v) is 5.58. The van der Waals surface area contributed by atoms with E-state index in [4.69, 9.17) is 14.2 Å². The van der Waals surface area contributed by atoms with Gasteiger partial charge in [-0.15, -0.1) is 0 Å². The van der Waals surface area contributed by atoms with E-state index in [1.807, 2.05) is 0 Å². The first-order chi connectivity index (χ1) is 8.92. The van der Waals surface area contributed by atoms with Crippen molar-refractivity contribution in [3.8, 4) is 0 Å². The smallest absolute Gasteiger partial charge is 0.0891 e. The summed E-state index contributed by atoms with van der Waals surface area (Å²) in [6.07, 6.45) is 10.0. The van der Waals surface area contributed by atoms with E-state index in [1.165, 1.54) is 44.9 Å². The Kier molecular flexibility index (Phi) is 6.46. The minimum Gasteiger partial charge on any atom is -0.379 e. The number of hydrogen-bond acceptors (Lipinski definition) is 3. The van der Waals surface area contributed by atoms with Gasteiger partial charge in [0.05, 0.1) is 32.0 Å². The molecule has 3 atom stereocenters. The van der Waals surface area contributed by atoms with Gasteiger partial charge in [0.15, 0.2) is 0 Å². The Balaban J connectivity index is 1.35. The molecule has 0 N–H and O–H groups in total. The normalized spacial score (nSPS) is 30.2. The van der Waals surface area contributed by atoms with E-state index in [2.05, 4.69) is 6.92 Å². The fraction of sp³-hybridized carbons (Fsp3) is 1.00. The number of rotatable bonds is 10. The molecular formula is C15H28O3. The highest BCUT2D eigenvalue weighted by Gasteiger charge is 2.46. The van der Waals surface area contributed by atoms with Gasteiger partial charge in [-0.3, -0.25) is 0 Å². The van der Waals surface area contributed by atoms with Crippen LogP contribution in [0.3, 0.4) is 0 Å². The minimum atomic E-state index is 0.522. The Morgan fingerprint density at radius 3 is 2.78 bits per heavy atom. The summed E-state index contributed by atoms with van der Waals surface area (Å²) in [4.78, 5) is 0. The molecule has 2 fully saturated rings. The minimum absolute atomic E-state index is 0.522. The highest BCUT2D eigenvalue weighted by atomic mass is 16.6. The van der Waals surface area contributed by atoms with Crippen LogP contribution in [0.4, 0.5) is 0 Å². The third-order valence-corrected chi connectivity index (χ3v) is 4.00. The molecule has 3 nitrogen and oxygen atoms in total. The predicted molar refractivity (Wildman–Crippen MR) is 71.8 cm³/mol. The third-order valence-electron chi connectivity index (χ3n) is 4.00. The van der Waals surface area contributed by atoms with Crippen LogP contribution in [0.2, 0.25) is 0 Å². The van der Waals surface area contributed by atoms with Crippen molar-refractivity contribution in [3.05, 3.63) is 0 Å². The second-order valence-electron chi connectivity index (χ2n) is 5.58. The van der Waals surface area contributed by atoms with Crippen molar-refractivity contribution in [3.63, 3.8) is 0 Å². The summed E-state index contributed by atoms with van der Waals surface area (Å²) in [5.74, 6) is 0.647. The predicted octanol–water partition coefficient (Wildman–Crippen LogP) is 3.17.